The lowest BCUT2D eigenvalue weighted by Gasteiger charge is -2.16. The van der Waals surface area contributed by atoms with Gasteiger partial charge in [-0.2, -0.15) is 0 Å². The highest BCUT2D eigenvalue weighted by molar-refractivity contribution is 6.04. The molecule has 0 atom stereocenters. The monoisotopic (exact) mass is 616 g/mol. The first-order valence-corrected chi connectivity index (χ1v) is 13.6. The summed E-state index contributed by atoms with van der Waals surface area (Å²) in [5, 5.41) is 24.6. The zero-order valence-corrected chi connectivity index (χ0v) is 24.3. The molecule has 0 unspecified atom stereocenters. The molecule has 13 nitrogen and oxygen atoms in total. The number of hydrogen-bond donors (Lipinski definition) is 3. The van der Waals surface area contributed by atoms with Crippen molar-refractivity contribution in [2.24, 2.45) is 0 Å². The number of non-ortho nitro benzene ring substituents is 1. The molecule has 3 N–H and O–H groups in total. The van der Waals surface area contributed by atoms with Gasteiger partial charge in [-0.1, -0.05) is 54.6 Å². The molecule has 1 aromatic heterocycles. The summed E-state index contributed by atoms with van der Waals surface area (Å²) in [5.74, 6) is -1.97. The molecule has 0 fully saturated rings. The Morgan fingerprint density at radius 2 is 1.69 bits per heavy atom. The van der Waals surface area contributed by atoms with Crippen LogP contribution in [0.2, 0.25) is 0 Å². The second-order valence-electron chi connectivity index (χ2n) is 10.1. The van der Waals surface area contributed by atoms with Crippen LogP contribution >= 0.6 is 0 Å². The Kier molecular flexibility index (Phi) is 10.3. The van der Waals surface area contributed by atoms with Crippen LogP contribution in [0.5, 0.6) is 0 Å². The largest absolute Gasteiger partial charge is 0.459 e. The predicted octanol–water partition coefficient (Wildman–Crippen LogP) is 4.77. The van der Waals surface area contributed by atoms with E-state index in [4.69, 9.17) is 14.9 Å². The minimum Gasteiger partial charge on any atom is -0.459 e. The number of rotatable bonds is 11. The Labute approximate surface area is 256 Å². The molecule has 1 amide bonds. The molecule has 0 saturated heterocycles. The molecule has 14 heteroatoms. The van der Waals surface area contributed by atoms with Gasteiger partial charge in [-0.25, -0.2) is 14.2 Å². The minimum atomic E-state index is -0.902. The number of carbonyl (C=O) groups is 2. The van der Waals surface area contributed by atoms with E-state index in [-0.39, 0.29) is 42.2 Å². The van der Waals surface area contributed by atoms with Gasteiger partial charge >= 0.3 is 12.1 Å². The van der Waals surface area contributed by atoms with Gasteiger partial charge in [-0.15, -0.1) is 0 Å². The normalized spacial score (nSPS) is 10.7. The summed E-state index contributed by atoms with van der Waals surface area (Å²) in [6, 6.07) is 18.0. The van der Waals surface area contributed by atoms with Crippen LogP contribution in [-0.2, 0) is 34.0 Å². The minimum absolute atomic E-state index is 0.0217. The molecule has 3 aromatic carbocycles. The van der Waals surface area contributed by atoms with Crippen LogP contribution in [0.25, 0.3) is 11.3 Å². The highest BCUT2D eigenvalue weighted by Crippen LogP contribution is 2.25. The second kappa shape index (κ2) is 14.5. The van der Waals surface area contributed by atoms with Crippen molar-refractivity contribution >= 4 is 29.4 Å². The summed E-state index contributed by atoms with van der Waals surface area (Å²) < 4.78 is 25.7. The molecule has 45 heavy (non-hydrogen) atoms. The maximum Gasteiger partial charge on any atom is 0.413 e. The summed E-state index contributed by atoms with van der Waals surface area (Å²) in [4.78, 5) is 52.8. The Bertz CT molecular complexity index is 1780. The molecule has 0 radical (unpaired) electrons. The van der Waals surface area contributed by atoms with Crippen LogP contribution in [0.1, 0.15) is 30.5 Å². The van der Waals surface area contributed by atoms with E-state index in [9.17, 15) is 28.9 Å². The molecule has 0 bridgehead atoms. The van der Waals surface area contributed by atoms with Crippen LogP contribution in [0.3, 0.4) is 0 Å². The van der Waals surface area contributed by atoms with E-state index in [0.717, 1.165) is 28.3 Å². The van der Waals surface area contributed by atoms with Crippen molar-refractivity contribution in [3.05, 3.63) is 122 Å². The lowest BCUT2D eigenvalue weighted by Crippen LogP contribution is -2.31. The van der Waals surface area contributed by atoms with Crippen LogP contribution in [-0.4, -0.2) is 38.4 Å². The van der Waals surface area contributed by atoms with Crippen molar-refractivity contribution in [2.45, 2.75) is 39.6 Å². The van der Waals surface area contributed by atoms with Gasteiger partial charge in [0.05, 0.1) is 22.9 Å². The zero-order valence-electron chi connectivity index (χ0n) is 24.3. The van der Waals surface area contributed by atoms with E-state index < -0.39 is 40.6 Å². The van der Waals surface area contributed by atoms with Crippen molar-refractivity contribution in [2.75, 3.05) is 5.32 Å². The number of aromatic nitrogens is 2. The standard InChI is InChI=1S/C31H29FN6O7/c1-19(2)35-29-30(40)37(26(15-34-29)23-12-24(32)14-25(13-23)38(42)43)16-27(39)44-17-21-8-10-22(11-9-21)28(33)36-31(41)45-18-20-6-4-3-5-7-20/h3-15,19H,16-18H2,1-2H3,(H,34,35)(H2,33,36,41). The van der Waals surface area contributed by atoms with Gasteiger partial charge in [0, 0.05) is 23.2 Å². The van der Waals surface area contributed by atoms with Gasteiger partial charge in [-0.05, 0) is 31.0 Å². The quantitative estimate of drug-likeness (QED) is 0.0703. The third kappa shape index (κ3) is 8.79. The first-order chi connectivity index (χ1) is 21.5. The lowest BCUT2D eigenvalue weighted by molar-refractivity contribution is -0.385. The first-order valence-electron chi connectivity index (χ1n) is 13.6. The third-order valence-electron chi connectivity index (χ3n) is 6.24. The smallest absolute Gasteiger partial charge is 0.413 e. The molecule has 0 aliphatic carbocycles. The summed E-state index contributed by atoms with van der Waals surface area (Å²) in [6.07, 6.45) is 0.434. The molecule has 1 heterocycles. The number of amides is 1. The second-order valence-corrected chi connectivity index (χ2v) is 10.1. The number of esters is 1. The van der Waals surface area contributed by atoms with E-state index in [1.165, 1.54) is 6.20 Å². The van der Waals surface area contributed by atoms with E-state index in [1.807, 2.05) is 18.2 Å². The average Bonchev–Trinajstić information content (AvgIpc) is 3.01. The number of carbonyl (C=O) groups excluding carboxylic acids is 2. The number of alkyl carbamates (subject to hydrolysis) is 1. The number of nitro groups is 1. The molecule has 0 aliphatic heterocycles. The maximum atomic E-state index is 14.2. The SMILES string of the molecule is CC(C)Nc1ncc(-c2cc(F)cc([N+](=O)[O-])c2)n(CC(=O)OCc2ccc(C(=N)NC(=O)OCc3ccccc3)cc2)c1=O. The zero-order chi connectivity index (χ0) is 32.5. The van der Waals surface area contributed by atoms with E-state index in [0.29, 0.717) is 11.1 Å². The Morgan fingerprint density at radius 1 is 1.02 bits per heavy atom. The van der Waals surface area contributed by atoms with Crippen LogP contribution in [0, 0.1) is 21.3 Å². The fraction of sp³-hybridized carbons (Fsp3) is 0.194. The molecule has 232 valence electrons. The van der Waals surface area contributed by atoms with Crippen molar-refractivity contribution in [1.82, 2.24) is 14.9 Å². The Hall–Kier alpha value is -5.92. The highest BCUT2D eigenvalue weighted by Gasteiger charge is 2.19. The van der Waals surface area contributed by atoms with Gasteiger partial charge in [-0.3, -0.25) is 35.0 Å². The maximum absolute atomic E-state index is 14.2. The number of nitrogens with zero attached hydrogens (tertiary/aromatic N) is 3. The van der Waals surface area contributed by atoms with Crippen molar-refractivity contribution < 1.29 is 28.4 Å². The number of halogens is 1. The molecule has 4 aromatic rings. The number of benzene rings is 3. The average molecular weight is 617 g/mol. The highest BCUT2D eigenvalue weighted by atomic mass is 19.1. The topological polar surface area (TPSA) is 179 Å². The molecule has 4 rings (SSSR count). The van der Waals surface area contributed by atoms with E-state index >= 15 is 0 Å². The van der Waals surface area contributed by atoms with E-state index in [1.54, 1.807) is 50.2 Å². The summed E-state index contributed by atoms with van der Waals surface area (Å²) in [6.45, 7) is 2.84. The Balaban J connectivity index is 1.42. The van der Waals surface area contributed by atoms with Crippen LogP contribution in [0.4, 0.5) is 20.7 Å². The summed E-state index contributed by atoms with van der Waals surface area (Å²) in [5.41, 5.74) is 0.446. The molecular weight excluding hydrogens is 587 g/mol. The summed E-state index contributed by atoms with van der Waals surface area (Å²) >= 11 is 0. The molecule has 0 spiro atoms. The van der Waals surface area contributed by atoms with Crippen LogP contribution < -0.4 is 16.2 Å². The van der Waals surface area contributed by atoms with Gasteiger partial charge in [0.2, 0.25) is 0 Å². The third-order valence-corrected chi connectivity index (χ3v) is 6.24. The van der Waals surface area contributed by atoms with Crippen molar-refractivity contribution in [3.63, 3.8) is 0 Å². The lowest BCUT2D eigenvalue weighted by atomic mass is 10.1. The Morgan fingerprint density at radius 3 is 2.36 bits per heavy atom. The van der Waals surface area contributed by atoms with Gasteiger partial charge in [0.15, 0.2) is 5.82 Å². The van der Waals surface area contributed by atoms with Gasteiger partial charge in [0.1, 0.15) is 31.4 Å². The fourth-order valence-electron chi connectivity index (χ4n) is 4.11. The molecule has 0 saturated carbocycles. The number of nitrogens with one attached hydrogen (secondary N) is 3. The van der Waals surface area contributed by atoms with Gasteiger partial charge in [0.25, 0.3) is 11.2 Å². The number of nitro benzene ring substituents is 1. The van der Waals surface area contributed by atoms with Crippen molar-refractivity contribution in [1.29, 1.82) is 5.41 Å². The summed E-state index contributed by atoms with van der Waals surface area (Å²) in [7, 11) is 0. The van der Waals surface area contributed by atoms with E-state index in [2.05, 4.69) is 15.6 Å². The first kappa shape index (κ1) is 32.0. The number of amidine groups is 1. The number of anilines is 1. The fourth-order valence-corrected chi connectivity index (χ4v) is 4.11. The number of hydrogen-bond acceptors (Lipinski definition) is 10. The number of ether oxygens (including phenoxy) is 2. The molecular formula is C31H29FN6O7. The predicted molar refractivity (Wildman–Crippen MR) is 162 cm³/mol. The molecule has 0 aliphatic rings. The van der Waals surface area contributed by atoms with Gasteiger partial charge < -0.3 is 14.8 Å². The van der Waals surface area contributed by atoms with Crippen molar-refractivity contribution in [3.8, 4) is 11.3 Å². The van der Waals surface area contributed by atoms with Crippen LogP contribution in [0.15, 0.2) is 83.8 Å².